The quantitative estimate of drug-likeness (QED) is 0.445. The molecule has 0 aliphatic heterocycles. The summed E-state index contributed by atoms with van der Waals surface area (Å²) in [6, 6.07) is 8.81. The maximum absolute atomic E-state index is 15.3. The van der Waals surface area contributed by atoms with Gasteiger partial charge in [-0.2, -0.15) is 0 Å². The van der Waals surface area contributed by atoms with Crippen molar-refractivity contribution < 1.29 is 23.7 Å². The predicted octanol–water partition coefficient (Wildman–Crippen LogP) is 2.81. The van der Waals surface area contributed by atoms with E-state index < -0.39 is 8.32 Å². The van der Waals surface area contributed by atoms with E-state index in [1.807, 2.05) is 0 Å². The summed E-state index contributed by atoms with van der Waals surface area (Å²) in [5.41, 5.74) is 7.14. The van der Waals surface area contributed by atoms with Crippen LogP contribution in [0.1, 0.15) is 85.8 Å². The fraction of sp³-hybridized carbons (Fsp3) is 0.500. The Morgan fingerprint density at radius 2 is 1.13 bits per heavy atom. The molecule has 2 aromatic rings. The third-order valence-corrected chi connectivity index (χ3v) is 10.8. The number of hydrogen-bond acceptors (Lipinski definition) is 1. The first-order chi connectivity index (χ1) is 14.2. The van der Waals surface area contributed by atoms with Crippen molar-refractivity contribution in [3.63, 3.8) is 0 Å². The van der Waals surface area contributed by atoms with Crippen molar-refractivity contribution in [2.45, 2.75) is 93.9 Å². The van der Waals surface area contributed by atoms with E-state index in [0.717, 1.165) is 28.4 Å². The normalized spacial score (nSPS) is 12.1. The molecule has 0 fully saturated rings. The summed E-state index contributed by atoms with van der Waals surface area (Å²) in [5, 5.41) is 3.33. The molecule has 0 unspecified atom stereocenters. The molecule has 2 aromatic carbocycles. The number of allylic oxidation sites excluding steroid dienone is 2. The number of hydrogen-bond donors (Lipinski definition) is 0. The van der Waals surface area contributed by atoms with Crippen molar-refractivity contribution in [3.05, 3.63) is 68.9 Å². The van der Waals surface area contributed by atoms with Gasteiger partial charge >= 0.3 is 18.9 Å². The molecule has 0 aliphatic carbocycles. The van der Waals surface area contributed by atoms with Crippen LogP contribution in [0, 0.1) is 41.5 Å². The van der Waals surface area contributed by atoms with Gasteiger partial charge in [0, 0.05) is 0 Å². The van der Waals surface area contributed by atoms with Gasteiger partial charge in [-0.25, -0.2) is 0 Å². The van der Waals surface area contributed by atoms with E-state index >= 15 is 4.80 Å². The summed E-state index contributed by atoms with van der Waals surface area (Å²) in [7, 11) is -3.31. The summed E-state index contributed by atoms with van der Waals surface area (Å²) in [4.78, 5) is 15.3. The Kier molecular flexibility index (Phi) is 11.1. The molecule has 0 saturated carbocycles. The third-order valence-electron chi connectivity index (χ3n) is 6.41. The van der Waals surface area contributed by atoms with Crippen LogP contribution in [0.3, 0.4) is 0 Å². The summed E-state index contributed by atoms with van der Waals surface area (Å²) >= 11 is 0. The molecular formula is C28H41LiOSi. The predicted molar refractivity (Wildman–Crippen MR) is 133 cm³/mol. The molecule has 0 bridgehead atoms. The van der Waals surface area contributed by atoms with E-state index in [4.69, 9.17) is 0 Å². The smallest absolute Gasteiger partial charge is 0.848 e. The van der Waals surface area contributed by atoms with Crippen LogP contribution < -0.4 is 34.0 Å². The molecule has 0 amide bonds. The van der Waals surface area contributed by atoms with Gasteiger partial charge in [-0.1, -0.05) is 112 Å². The first kappa shape index (κ1) is 28.0. The Labute approximate surface area is 204 Å². The second-order valence-corrected chi connectivity index (χ2v) is 12.2. The first-order valence-corrected chi connectivity index (χ1v) is 13.6. The van der Waals surface area contributed by atoms with Crippen LogP contribution in [-0.2, 0) is 0 Å². The maximum Gasteiger partial charge on any atom is 1.00 e. The minimum absolute atomic E-state index is 0. The molecule has 0 saturated heterocycles. The van der Waals surface area contributed by atoms with Crippen LogP contribution in [0.15, 0.2) is 35.5 Å². The second-order valence-electron chi connectivity index (χ2n) is 9.21. The molecule has 2 rings (SSSR count). The zero-order valence-electron chi connectivity index (χ0n) is 21.5. The number of rotatable bonds is 9. The van der Waals surface area contributed by atoms with Gasteiger partial charge in [0.05, 0.1) is 8.32 Å². The van der Waals surface area contributed by atoms with E-state index in [2.05, 4.69) is 85.7 Å². The monoisotopic (exact) mass is 428 g/mol. The molecular weight excluding hydrogens is 387 g/mol. The van der Waals surface area contributed by atoms with Gasteiger partial charge in [-0.3, -0.25) is 0 Å². The third kappa shape index (κ3) is 6.26. The molecule has 0 spiro atoms. The van der Waals surface area contributed by atoms with Crippen LogP contribution in [0.25, 0.3) is 0 Å². The molecule has 0 atom stereocenters. The van der Waals surface area contributed by atoms with Crippen molar-refractivity contribution in [2.24, 2.45) is 0 Å². The van der Waals surface area contributed by atoms with Crippen LogP contribution in [0.2, 0.25) is 0 Å². The molecule has 0 heterocycles. The number of unbranched alkanes of at least 4 members (excludes halogenated alkanes) is 4. The zero-order valence-corrected chi connectivity index (χ0v) is 22.5. The van der Waals surface area contributed by atoms with E-state index in [0.29, 0.717) is 0 Å². The fourth-order valence-electron chi connectivity index (χ4n) is 5.36. The van der Waals surface area contributed by atoms with Gasteiger partial charge in [0.2, 0.25) is 0 Å². The van der Waals surface area contributed by atoms with Crippen molar-refractivity contribution in [3.8, 4) is 0 Å². The number of aryl methyl sites for hydroxylation is 6. The molecule has 0 radical (unpaired) electrons. The van der Waals surface area contributed by atoms with Crippen molar-refractivity contribution in [2.75, 3.05) is 0 Å². The van der Waals surface area contributed by atoms with Crippen LogP contribution >= 0.6 is 0 Å². The Balaban J connectivity index is 0.00000480. The van der Waals surface area contributed by atoms with Gasteiger partial charge in [-0.05, 0) is 61.3 Å². The van der Waals surface area contributed by atoms with E-state index in [1.54, 1.807) is 0 Å². The fourth-order valence-corrected chi connectivity index (χ4v) is 9.70. The molecule has 164 valence electrons. The van der Waals surface area contributed by atoms with Gasteiger partial charge in [-0.15, -0.1) is 0 Å². The Morgan fingerprint density at radius 1 is 0.742 bits per heavy atom. The number of benzene rings is 2. The molecule has 1 nitrogen and oxygen atoms in total. The average molecular weight is 429 g/mol. The van der Waals surface area contributed by atoms with Gasteiger partial charge in [0.25, 0.3) is 0 Å². The van der Waals surface area contributed by atoms with Crippen LogP contribution in [-0.4, -0.2) is 8.32 Å². The Morgan fingerprint density at radius 3 is 1.48 bits per heavy atom. The van der Waals surface area contributed by atoms with Gasteiger partial charge in [0.15, 0.2) is 0 Å². The molecule has 0 aromatic heterocycles. The van der Waals surface area contributed by atoms with E-state index in [1.165, 1.54) is 59.1 Å². The largest absolute Gasteiger partial charge is 1.00 e. The van der Waals surface area contributed by atoms with Crippen LogP contribution in [0.5, 0.6) is 0 Å². The summed E-state index contributed by atoms with van der Waals surface area (Å²) in [5.74, 6) is 0. The molecule has 0 aliphatic rings. The molecule has 0 N–H and O–H groups in total. The zero-order chi connectivity index (χ0) is 22.5. The van der Waals surface area contributed by atoms with Gasteiger partial charge < -0.3 is 4.80 Å². The maximum atomic E-state index is 15.3. The van der Waals surface area contributed by atoms with Crippen molar-refractivity contribution >= 4 is 18.7 Å². The molecule has 31 heavy (non-hydrogen) atoms. The van der Waals surface area contributed by atoms with E-state index in [-0.39, 0.29) is 18.9 Å². The minimum atomic E-state index is -3.31. The topological polar surface area (TPSA) is 23.1 Å². The first-order valence-electron chi connectivity index (χ1n) is 11.7. The summed E-state index contributed by atoms with van der Waals surface area (Å²) in [6.07, 6.45) is 9.23. The van der Waals surface area contributed by atoms with E-state index in [9.17, 15) is 0 Å². The Bertz CT molecular complexity index is 810. The SMILES string of the molecule is C/C=C(\CCCCCCC)[Si]([O-])(c1c(C)cc(C)cc1C)c1c(C)cc(C)cc1C.[Li+]. The minimum Gasteiger partial charge on any atom is -0.848 e. The summed E-state index contributed by atoms with van der Waals surface area (Å²) < 4.78 is 0. The standard InChI is InChI=1S/C28H41OSi.Li/c1-9-11-12-13-14-15-26(10-2)30(29,27-22(5)16-20(3)17-23(27)6)28-24(7)18-21(4)19-25(28)8;/h10,16-19H,9,11-15H2,1-8H3;/q-1;+1/b26-10+;. The van der Waals surface area contributed by atoms with Crippen LogP contribution in [0.4, 0.5) is 0 Å². The average Bonchev–Trinajstić information content (AvgIpc) is 2.62. The molecule has 3 heteroatoms. The second kappa shape index (κ2) is 12.3. The summed E-state index contributed by atoms with van der Waals surface area (Å²) in [6.45, 7) is 17.2. The van der Waals surface area contributed by atoms with Crippen molar-refractivity contribution in [1.29, 1.82) is 0 Å². The van der Waals surface area contributed by atoms with Crippen molar-refractivity contribution in [1.82, 2.24) is 0 Å². The Hall–Kier alpha value is -1.05. The van der Waals surface area contributed by atoms with Gasteiger partial charge in [0.1, 0.15) is 0 Å².